The van der Waals surface area contributed by atoms with Crippen LogP contribution in [0.25, 0.3) is 0 Å². The van der Waals surface area contributed by atoms with E-state index in [0.717, 1.165) is 12.3 Å². The van der Waals surface area contributed by atoms with Crippen molar-refractivity contribution in [1.82, 2.24) is 0 Å². The van der Waals surface area contributed by atoms with E-state index >= 15 is 0 Å². The molecule has 0 bridgehead atoms. The van der Waals surface area contributed by atoms with E-state index in [4.69, 9.17) is 5.11 Å². The largest absolute Gasteiger partial charge is 0.478 e. The minimum atomic E-state index is -0.756. The van der Waals surface area contributed by atoms with Gasteiger partial charge in [0.05, 0.1) is 0 Å². The Hall–Kier alpha value is -0.790. The molecule has 0 aliphatic heterocycles. The van der Waals surface area contributed by atoms with E-state index in [1.165, 1.54) is 43.8 Å². The van der Waals surface area contributed by atoms with Gasteiger partial charge in [-0.2, -0.15) is 0 Å². The minimum absolute atomic E-state index is 0.645. The zero-order chi connectivity index (χ0) is 9.76. The number of aliphatic carboxylic acids is 1. The predicted molar refractivity (Wildman–Crippen MR) is 52.8 cm³/mol. The van der Waals surface area contributed by atoms with Gasteiger partial charge in [0.2, 0.25) is 0 Å². The highest BCUT2D eigenvalue weighted by molar-refractivity contribution is 5.81. The Morgan fingerprint density at radius 1 is 1.43 bits per heavy atom. The lowest BCUT2D eigenvalue weighted by atomic mass is 9.67. The summed E-state index contributed by atoms with van der Waals surface area (Å²) in [6.45, 7) is 0. The van der Waals surface area contributed by atoms with E-state index in [1.54, 1.807) is 0 Å². The van der Waals surface area contributed by atoms with E-state index < -0.39 is 5.97 Å². The summed E-state index contributed by atoms with van der Waals surface area (Å²) in [5, 5.41) is 8.69. The van der Waals surface area contributed by atoms with Crippen molar-refractivity contribution >= 4 is 5.97 Å². The smallest absolute Gasteiger partial charge is 0.328 e. The normalized spacial score (nSPS) is 40.4. The monoisotopic (exact) mass is 192 g/mol. The van der Waals surface area contributed by atoms with Crippen LogP contribution in [0, 0.1) is 17.3 Å². The van der Waals surface area contributed by atoms with Gasteiger partial charge in [0, 0.05) is 6.08 Å². The third-order valence-electron chi connectivity index (χ3n) is 4.61. The van der Waals surface area contributed by atoms with Crippen molar-refractivity contribution < 1.29 is 9.90 Å². The number of rotatable bonds is 1. The van der Waals surface area contributed by atoms with Crippen LogP contribution in [0.2, 0.25) is 0 Å². The van der Waals surface area contributed by atoms with Gasteiger partial charge in [0.1, 0.15) is 0 Å². The molecular formula is C12H16O2. The van der Waals surface area contributed by atoms with Crippen LogP contribution in [0.1, 0.15) is 38.5 Å². The van der Waals surface area contributed by atoms with Gasteiger partial charge in [-0.05, 0) is 49.4 Å². The molecule has 3 fully saturated rings. The Kier molecular flexibility index (Phi) is 1.59. The third kappa shape index (κ3) is 1.06. The van der Waals surface area contributed by atoms with Crippen molar-refractivity contribution in [2.45, 2.75) is 38.5 Å². The average molecular weight is 192 g/mol. The molecule has 0 heterocycles. The number of allylic oxidation sites excluding steroid dienone is 1. The van der Waals surface area contributed by atoms with Gasteiger partial charge in [-0.3, -0.25) is 0 Å². The molecule has 0 unspecified atom stereocenters. The molecule has 0 aromatic carbocycles. The lowest BCUT2D eigenvalue weighted by molar-refractivity contribution is -0.131. The number of hydrogen-bond donors (Lipinski definition) is 1. The van der Waals surface area contributed by atoms with Crippen LogP contribution in [0.5, 0.6) is 0 Å². The van der Waals surface area contributed by atoms with Crippen LogP contribution < -0.4 is 0 Å². The molecule has 3 aliphatic carbocycles. The van der Waals surface area contributed by atoms with Crippen LogP contribution >= 0.6 is 0 Å². The molecule has 14 heavy (non-hydrogen) atoms. The van der Waals surface area contributed by atoms with Crippen molar-refractivity contribution in [3.05, 3.63) is 11.6 Å². The second kappa shape index (κ2) is 2.62. The number of hydrogen-bond acceptors (Lipinski definition) is 1. The molecule has 76 valence electrons. The van der Waals surface area contributed by atoms with Crippen LogP contribution in [0.15, 0.2) is 11.6 Å². The van der Waals surface area contributed by atoms with Crippen molar-refractivity contribution in [1.29, 1.82) is 0 Å². The zero-order valence-electron chi connectivity index (χ0n) is 8.33. The lowest BCUT2D eigenvalue weighted by Crippen LogP contribution is -2.25. The maximum atomic E-state index is 10.6. The first-order chi connectivity index (χ1) is 6.69. The van der Waals surface area contributed by atoms with Gasteiger partial charge in [0.25, 0.3) is 0 Å². The van der Waals surface area contributed by atoms with Crippen molar-refractivity contribution in [3.8, 4) is 0 Å². The first-order valence-corrected chi connectivity index (χ1v) is 5.62. The Balaban J connectivity index is 1.73. The van der Waals surface area contributed by atoms with Crippen LogP contribution in [-0.2, 0) is 4.79 Å². The Bertz CT molecular complexity index is 312. The summed E-state index contributed by atoms with van der Waals surface area (Å²) < 4.78 is 0. The third-order valence-corrected chi connectivity index (χ3v) is 4.61. The summed E-state index contributed by atoms with van der Waals surface area (Å²) in [6, 6.07) is 0. The van der Waals surface area contributed by atoms with E-state index in [0.29, 0.717) is 11.3 Å². The van der Waals surface area contributed by atoms with E-state index in [9.17, 15) is 4.79 Å². The summed E-state index contributed by atoms with van der Waals surface area (Å²) in [4.78, 5) is 10.6. The predicted octanol–water partition coefficient (Wildman–Crippen LogP) is 2.60. The first kappa shape index (κ1) is 8.51. The molecule has 2 nitrogen and oxygen atoms in total. The fourth-order valence-electron chi connectivity index (χ4n) is 3.77. The quantitative estimate of drug-likeness (QED) is 0.648. The van der Waals surface area contributed by atoms with Gasteiger partial charge >= 0.3 is 5.97 Å². The van der Waals surface area contributed by atoms with Crippen molar-refractivity contribution in [3.63, 3.8) is 0 Å². The van der Waals surface area contributed by atoms with Crippen LogP contribution in [-0.4, -0.2) is 11.1 Å². The highest BCUT2D eigenvalue weighted by Crippen LogP contribution is 2.64. The number of carboxylic acid groups (broad SMARTS) is 1. The Labute approximate surface area is 84.0 Å². The van der Waals surface area contributed by atoms with E-state index in [1.807, 2.05) is 0 Å². The summed E-state index contributed by atoms with van der Waals surface area (Å²) >= 11 is 0. The SMILES string of the molecule is O=C(O)C=C1C[C@H]2CC3(CCC3)C[C@@H]12. The zero-order valence-corrected chi connectivity index (χ0v) is 8.33. The lowest BCUT2D eigenvalue weighted by Gasteiger charge is -2.38. The van der Waals surface area contributed by atoms with E-state index in [-0.39, 0.29) is 0 Å². The van der Waals surface area contributed by atoms with E-state index in [2.05, 4.69) is 0 Å². The molecule has 3 saturated carbocycles. The minimum Gasteiger partial charge on any atom is -0.478 e. The number of carboxylic acids is 1. The van der Waals surface area contributed by atoms with Gasteiger partial charge in [-0.1, -0.05) is 12.0 Å². The fraction of sp³-hybridized carbons (Fsp3) is 0.750. The van der Waals surface area contributed by atoms with Crippen molar-refractivity contribution in [2.75, 3.05) is 0 Å². The van der Waals surface area contributed by atoms with Gasteiger partial charge in [-0.15, -0.1) is 0 Å². The molecule has 1 spiro atoms. The highest BCUT2D eigenvalue weighted by atomic mass is 16.4. The maximum Gasteiger partial charge on any atom is 0.328 e. The molecule has 2 heteroatoms. The summed E-state index contributed by atoms with van der Waals surface area (Å²) in [6.07, 6.45) is 9.40. The average Bonchev–Trinajstić information content (AvgIpc) is 2.34. The standard InChI is InChI=1S/C12H16O2/c13-11(14)5-8-4-9-6-12(2-1-3-12)7-10(8)9/h5,9-10H,1-4,6-7H2,(H,13,14)/t9-,10-/m0/s1. The second-order valence-electron chi connectivity index (χ2n) is 5.39. The van der Waals surface area contributed by atoms with Gasteiger partial charge in [0.15, 0.2) is 0 Å². The van der Waals surface area contributed by atoms with Crippen LogP contribution in [0.4, 0.5) is 0 Å². The second-order valence-corrected chi connectivity index (χ2v) is 5.39. The highest BCUT2D eigenvalue weighted by Gasteiger charge is 2.53. The number of carbonyl (C=O) groups is 1. The Morgan fingerprint density at radius 2 is 2.21 bits per heavy atom. The van der Waals surface area contributed by atoms with Gasteiger partial charge < -0.3 is 5.11 Å². The molecule has 0 radical (unpaired) electrons. The molecular weight excluding hydrogens is 176 g/mol. The molecule has 0 saturated heterocycles. The fourth-order valence-corrected chi connectivity index (χ4v) is 3.77. The topological polar surface area (TPSA) is 37.3 Å². The molecule has 1 N–H and O–H groups in total. The van der Waals surface area contributed by atoms with Crippen molar-refractivity contribution in [2.24, 2.45) is 17.3 Å². The first-order valence-electron chi connectivity index (χ1n) is 5.62. The van der Waals surface area contributed by atoms with Crippen LogP contribution in [0.3, 0.4) is 0 Å². The molecule has 0 aromatic heterocycles. The molecule has 0 aromatic rings. The molecule has 3 rings (SSSR count). The summed E-state index contributed by atoms with van der Waals surface area (Å²) in [5.74, 6) is 0.723. The molecule has 3 aliphatic rings. The molecule has 2 atom stereocenters. The molecule has 0 amide bonds. The summed E-state index contributed by atoms with van der Waals surface area (Å²) in [7, 11) is 0. The summed E-state index contributed by atoms with van der Waals surface area (Å²) in [5.41, 5.74) is 1.87. The van der Waals surface area contributed by atoms with Gasteiger partial charge in [-0.25, -0.2) is 4.79 Å². The maximum absolute atomic E-state index is 10.6. The number of fused-ring (bicyclic) bond motifs is 1. The Morgan fingerprint density at radius 3 is 2.79 bits per heavy atom.